The first-order valence-corrected chi connectivity index (χ1v) is 14.3. The number of fused-ring (bicyclic) bond motifs is 1. The van der Waals surface area contributed by atoms with Crippen LogP contribution in [0.25, 0.3) is 0 Å². The standard InChI is InChI=1S/C29H42N4O9/c1-6-24(35)30-11-13-33-22-16-21(18(2)15-23(22)42-29(4,5)27(33)38)26(37)31-20-9-7-12-32(17-20)28(39)41-19(3)40-25(36)10-8-14-34/h15-16,19-20,34H,6-14,17H2,1-5H3,(H,30,35)(H,31,37)/t19?,20-/m1/s1. The number of aliphatic hydroxyl groups excluding tert-OH is 1. The molecule has 4 amide bonds. The van der Waals surface area contributed by atoms with Crippen molar-refractivity contribution in [3.8, 4) is 5.75 Å². The van der Waals surface area contributed by atoms with E-state index < -0.39 is 24.0 Å². The molecule has 1 fully saturated rings. The Kier molecular flexibility index (Phi) is 11.1. The summed E-state index contributed by atoms with van der Waals surface area (Å²) in [5, 5.41) is 14.6. The van der Waals surface area contributed by atoms with Crippen LogP contribution < -0.4 is 20.3 Å². The third-order valence-electron chi connectivity index (χ3n) is 7.06. The maximum absolute atomic E-state index is 13.4. The Morgan fingerprint density at radius 2 is 1.95 bits per heavy atom. The van der Waals surface area contributed by atoms with Gasteiger partial charge >= 0.3 is 12.1 Å². The highest BCUT2D eigenvalue weighted by Gasteiger charge is 2.41. The molecule has 0 bridgehead atoms. The molecule has 0 saturated carbocycles. The van der Waals surface area contributed by atoms with Crippen molar-refractivity contribution < 1.29 is 43.3 Å². The summed E-state index contributed by atoms with van der Waals surface area (Å²) in [7, 11) is 0. The zero-order chi connectivity index (χ0) is 31.0. The fourth-order valence-electron chi connectivity index (χ4n) is 4.85. The van der Waals surface area contributed by atoms with Crippen molar-refractivity contribution in [1.29, 1.82) is 0 Å². The van der Waals surface area contributed by atoms with Gasteiger partial charge in [-0.25, -0.2) is 4.79 Å². The summed E-state index contributed by atoms with van der Waals surface area (Å²) in [6.45, 7) is 9.26. The Balaban J connectivity index is 1.68. The van der Waals surface area contributed by atoms with Crippen molar-refractivity contribution in [1.82, 2.24) is 15.5 Å². The lowest BCUT2D eigenvalue weighted by Gasteiger charge is -2.39. The third kappa shape index (κ3) is 8.34. The van der Waals surface area contributed by atoms with Gasteiger partial charge in [0.25, 0.3) is 11.8 Å². The summed E-state index contributed by atoms with van der Waals surface area (Å²) in [4.78, 5) is 65.7. The molecule has 0 aromatic heterocycles. The van der Waals surface area contributed by atoms with Crippen LogP contribution in [0.1, 0.15) is 75.7 Å². The first-order chi connectivity index (χ1) is 19.9. The van der Waals surface area contributed by atoms with Crippen molar-refractivity contribution in [2.45, 2.75) is 84.7 Å². The SMILES string of the molecule is CCC(=O)NCCN1C(=O)C(C)(C)Oc2cc(C)c(C(=O)N[C@@H]3CCCN(C(=O)OC(C)OC(=O)CCCO)C3)cc21. The van der Waals surface area contributed by atoms with Gasteiger partial charge in [0.1, 0.15) is 5.75 Å². The third-order valence-corrected chi connectivity index (χ3v) is 7.06. The number of likely N-dealkylation sites (tertiary alicyclic amines) is 1. The van der Waals surface area contributed by atoms with E-state index in [9.17, 15) is 24.0 Å². The van der Waals surface area contributed by atoms with E-state index in [1.807, 2.05) is 0 Å². The van der Waals surface area contributed by atoms with E-state index in [4.69, 9.17) is 19.3 Å². The molecule has 2 aliphatic rings. The Labute approximate surface area is 245 Å². The number of nitrogens with zero attached hydrogens (tertiary/aromatic N) is 2. The predicted molar refractivity (Wildman–Crippen MR) is 152 cm³/mol. The largest absolute Gasteiger partial charge is 0.476 e. The van der Waals surface area contributed by atoms with Gasteiger partial charge in [0.05, 0.1) is 5.69 Å². The molecule has 2 heterocycles. The maximum atomic E-state index is 13.4. The summed E-state index contributed by atoms with van der Waals surface area (Å²) >= 11 is 0. The van der Waals surface area contributed by atoms with Crippen LogP contribution in [0, 0.1) is 6.92 Å². The van der Waals surface area contributed by atoms with E-state index in [2.05, 4.69) is 10.6 Å². The molecule has 2 atom stereocenters. The summed E-state index contributed by atoms with van der Waals surface area (Å²) in [5.74, 6) is -0.885. The van der Waals surface area contributed by atoms with Gasteiger partial charge in [0, 0.05) is 64.2 Å². The molecule has 232 valence electrons. The zero-order valence-electron chi connectivity index (χ0n) is 25.0. The van der Waals surface area contributed by atoms with Gasteiger partial charge in [0.2, 0.25) is 12.2 Å². The van der Waals surface area contributed by atoms with E-state index >= 15 is 0 Å². The van der Waals surface area contributed by atoms with E-state index in [1.165, 1.54) is 16.7 Å². The molecule has 3 N–H and O–H groups in total. The average molecular weight is 591 g/mol. The van der Waals surface area contributed by atoms with E-state index in [0.29, 0.717) is 48.4 Å². The fourth-order valence-corrected chi connectivity index (χ4v) is 4.85. The first-order valence-electron chi connectivity index (χ1n) is 14.3. The minimum atomic E-state index is -1.12. The number of benzene rings is 1. The lowest BCUT2D eigenvalue weighted by Crippen LogP contribution is -2.54. The highest BCUT2D eigenvalue weighted by molar-refractivity contribution is 6.05. The molecule has 42 heavy (non-hydrogen) atoms. The normalized spacial score (nSPS) is 18.3. The second-order valence-corrected chi connectivity index (χ2v) is 10.9. The van der Waals surface area contributed by atoms with Gasteiger partial charge in [-0.1, -0.05) is 6.92 Å². The number of nitrogens with one attached hydrogen (secondary N) is 2. The maximum Gasteiger partial charge on any atom is 0.412 e. The van der Waals surface area contributed by atoms with Crippen molar-refractivity contribution in [3.63, 3.8) is 0 Å². The zero-order valence-corrected chi connectivity index (χ0v) is 25.0. The molecule has 1 saturated heterocycles. The number of esters is 1. The summed E-state index contributed by atoms with van der Waals surface area (Å²) in [6, 6.07) is 2.99. The van der Waals surface area contributed by atoms with Gasteiger partial charge in [-0.15, -0.1) is 0 Å². The van der Waals surface area contributed by atoms with Crippen LogP contribution in [0.4, 0.5) is 10.5 Å². The summed E-state index contributed by atoms with van der Waals surface area (Å²) < 4.78 is 16.3. The van der Waals surface area contributed by atoms with Gasteiger partial charge in [-0.3, -0.25) is 19.2 Å². The van der Waals surface area contributed by atoms with Gasteiger partial charge < -0.3 is 39.8 Å². The van der Waals surface area contributed by atoms with Crippen molar-refractivity contribution in [2.75, 3.05) is 37.7 Å². The van der Waals surface area contributed by atoms with Crippen LogP contribution >= 0.6 is 0 Å². The van der Waals surface area contributed by atoms with Crippen LogP contribution in [0.3, 0.4) is 0 Å². The number of aliphatic hydroxyl groups is 1. The van der Waals surface area contributed by atoms with Gasteiger partial charge in [-0.2, -0.15) is 0 Å². The number of piperidine rings is 1. The quantitative estimate of drug-likeness (QED) is 0.258. The number of aryl methyl sites for hydroxylation is 1. The molecule has 0 radical (unpaired) electrons. The van der Waals surface area contributed by atoms with E-state index in [1.54, 1.807) is 39.8 Å². The van der Waals surface area contributed by atoms with Gasteiger partial charge in [0.15, 0.2) is 5.60 Å². The second kappa shape index (κ2) is 14.3. The predicted octanol–water partition coefficient (Wildman–Crippen LogP) is 2.02. The molecule has 0 aliphatic carbocycles. The minimum absolute atomic E-state index is 0.0174. The summed E-state index contributed by atoms with van der Waals surface area (Å²) in [6.07, 6.45) is 0.121. The number of amides is 4. The Hall–Kier alpha value is -3.87. The number of anilines is 1. The van der Waals surface area contributed by atoms with Crippen LogP contribution in [0.2, 0.25) is 0 Å². The average Bonchev–Trinajstić information content (AvgIpc) is 2.93. The fraction of sp³-hybridized carbons (Fsp3) is 0.621. The molecular formula is C29H42N4O9. The molecule has 1 aromatic carbocycles. The van der Waals surface area contributed by atoms with Crippen LogP contribution in [-0.2, 0) is 23.9 Å². The second-order valence-electron chi connectivity index (χ2n) is 10.9. The first kappa shape index (κ1) is 32.6. The number of carbonyl (C=O) groups excluding carboxylic acids is 5. The van der Waals surface area contributed by atoms with Crippen molar-refractivity contribution >= 4 is 35.5 Å². The van der Waals surface area contributed by atoms with Crippen LogP contribution in [0.5, 0.6) is 5.75 Å². The highest BCUT2D eigenvalue weighted by Crippen LogP contribution is 2.39. The Morgan fingerprint density at radius 1 is 1.21 bits per heavy atom. The topological polar surface area (TPSA) is 164 Å². The molecule has 13 heteroatoms. The van der Waals surface area contributed by atoms with Crippen molar-refractivity contribution in [2.24, 2.45) is 0 Å². The molecular weight excluding hydrogens is 548 g/mol. The van der Waals surface area contributed by atoms with Crippen LogP contribution in [-0.4, -0.2) is 90.5 Å². The smallest absolute Gasteiger partial charge is 0.412 e. The van der Waals surface area contributed by atoms with Crippen LogP contribution in [0.15, 0.2) is 12.1 Å². The van der Waals surface area contributed by atoms with Gasteiger partial charge in [-0.05, 0) is 57.7 Å². The monoisotopic (exact) mass is 590 g/mol. The highest BCUT2D eigenvalue weighted by atomic mass is 16.7. The molecule has 1 unspecified atom stereocenters. The van der Waals surface area contributed by atoms with Crippen molar-refractivity contribution in [3.05, 3.63) is 23.3 Å². The Bertz CT molecular complexity index is 1190. The molecule has 2 aliphatic heterocycles. The number of rotatable bonds is 11. The summed E-state index contributed by atoms with van der Waals surface area (Å²) in [5.41, 5.74) is 0.334. The Morgan fingerprint density at radius 3 is 2.64 bits per heavy atom. The minimum Gasteiger partial charge on any atom is -0.476 e. The van der Waals surface area contributed by atoms with E-state index in [-0.39, 0.29) is 62.8 Å². The molecule has 0 spiro atoms. The molecule has 3 rings (SSSR count). The molecule has 1 aromatic rings. The number of ether oxygens (including phenoxy) is 3. The van der Waals surface area contributed by atoms with E-state index in [0.717, 1.165) is 0 Å². The molecule has 13 nitrogen and oxygen atoms in total. The number of hydrogen-bond donors (Lipinski definition) is 3. The lowest BCUT2D eigenvalue weighted by atomic mass is 9.99. The number of hydrogen-bond acceptors (Lipinski definition) is 9. The number of carbonyl (C=O) groups is 5. The lowest BCUT2D eigenvalue weighted by molar-refractivity contribution is -0.166.